The molecule has 3 rings (SSSR count). The zero-order valence-corrected chi connectivity index (χ0v) is 15.8. The van der Waals surface area contributed by atoms with Gasteiger partial charge >= 0.3 is 12.1 Å². The minimum Gasteiger partial charge on any atom is -0.497 e. The second kappa shape index (κ2) is 9.23. The van der Waals surface area contributed by atoms with E-state index >= 15 is 0 Å². The molecular weight excluding hydrogens is 360 g/mol. The van der Waals surface area contributed by atoms with Crippen LogP contribution in [0, 0.1) is 0 Å². The Morgan fingerprint density at radius 3 is 2.39 bits per heavy atom. The van der Waals surface area contributed by atoms with E-state index in [0.717, 1.165) is 16.9 Å². The van der Waals surface area contributed by atoms with Crippen LogP contribution in [-0.4, -0.2) is 59.8 Å². The van der Waals surface area contributed by atoms with Crippen LogP contribution in [-0.2, 0) is 22.7 Å². The van der Waals surface area contributed by atoms with Gasteiger partial charge in [0.15, 0.2) is 0 Å². The van der Waals surface area contributed by atoms with Crippen molar-refractivity contribution in [3.8, 4) is 5.75 Å². The van der Waals surface area contributed by atoms with Gasteiger partial charge in [0, 0.05) is 19.6 Å². The van der Waals surface area contributed by atoms with Crippen LogP contribution in [0.1, 0.15) is 11.1 Å². The second-order valence-electron chi connectivity index (χ2n) is 6.66. The highest BCUT2D eigenvalue weighted by Gasteiger charge is 2.34. The van der Waals surface area contributed by atoms with Crippen molar-refractivity contribution >= 4 is 12.1 Å². The molecule has 0 aromatic heterocycles. The van der Waals surface area contributed by atoms with E-state index in [4.69, 9.17) is 9.47 Å². The minimum atomic E-state index is -0.950. The molecular formula is C21H24N2O5. The summed E-state index contributed by atoms with van der Waals surface area (Å²) in [5.41, 5.74) is 1.89. The number of amides is 1. The van der Waals surface area contributed by atoms with Crippen LogP contribution in [0.2, 0.25) is 0 Å². The molecule has 28 heavy (non-hydrogen) atoms. The number of aliphatic carboxylic acids is 1. The SMILES string of the molecule is COc1ccc(CN2CCN(C(=O)OCc3ccccc3)CC2C(=O)O)cc1. The molecule has 2 aromatic rings. The lowest BCUT2D eigenvalue weighted by Crippen LogP contribution is -2.57. The van der Waals surface area contributed by atoms with Crippen molar-refractivity contribution in [3.63, 3.8) is 0 Å². The molecule has 1 aliphatic rings. The van der Waals surface area contributed by atoms with Gasteiger partial charge in [0.05, 0.1) is 13.7 Å². The van der Waals surface area contributed by atoms with Crippen LogP contribution in [0.3, 0.4) is 0 Å². The Hall–Kier alpha value is -3.06. The summed E-state index contributed by atoms with van der Waals surface area (Å²) in [6.07, 6.45) is -0.487. The summed E-state index contributed by atoms with van der Waals surface area (Å²) in [6.45, 7) is 1.65. The maximum Gasteiger partial charge on any atom is 0.410 e. The smallest absolute Gasteiger partial charge is 0.410 e. The molecule has 1 saturated heterocycles. The maximum atomic E-state index is 12.4. The molecule has 1 aliphatic heterocycles. The van der Waals surface area contributed by atoms with Crippen molar-refractivity contribution < 1.29 is 24.2 Å². The molecule has 1 unspecified atom stereocenters. The van der Waals surface area contributed by atoms with Crippen molar-refractivity contribution in [1.82, 2.24) is 9.80 Å². The number of carboxylic acid groups (broad SMARTS) is 1. The number of hydrogen-bond donors (Lipinski definition) is 1. The lowest BCUT2D eigenvalue weighted by atomic mass is 10.1. The van der Waals surface area contributed by atoms with Crippen molar-refractivity contribution in [2.24, 2.45) is 0 Å². The van der Waals surface area contributed by atoms with Gasteiger partial charge in [-0.15, -0.1) is 0 Å². The van der Waals surface area contributed by atoms with E-state index in [9.17, 15) is 14.7 Å². The number of benzene rings is 2. The number of carboxylic acids is 1. The van der Waals surface area contributed by atoms with Gasteiger partial charge in [-0.1, -0.05) is 42.5 Å². The average molecular weight is 384 g/mol. The number of methoxy groups -OCH3 is 1. The maximum absolute atomic E-state index is 12.4. The van der Waals surface area contributed by atoms with Crippen LogP contribution in [0.5, 0.6) is 5.75 Å². The van der Waals surface area contributed by atoms with Gasteiger partial charge in [0.1, 0.15) is 18.4 Å². The molecule has 0 bridgehead atoms. The molecule has 1 heterocycles. The van der Waals surface area contributed by atoms with Gasteiger partial charge in [-0.25, -0.2) is 4.79 Å². The number of hydrogen-bond acceptors (Lipinski definition) is 5. The Bertz CT molecular complexity index is 794. The van der Waals surface area contributed by atoms with E-state index in [1.807, 2.05) is 59.5 Å². The number of piperazine rings is 1. The highest BCUT2D eigenvalue weighted by molar-refractivity contribution is 5.76. The molecule has 0 spiro atoms. The highest BCUT2D eigenvalue weighted by atomic mass is 16.6. The van der Waals surface area contributed by atoms with Crippen molar-refractivity contribution in [2.75, 3.05) is 26.7 Å². The van der Waals surface area contributed by atoms with Gasteiger partial charge in [0.2, 0.25) is 0 Å². The average Bonchev–Trinajstić information content (AvgIpc) is 2.73. The fraction of sp³-hybridized carbons (Fsp3) is 0.333. The summed E-state index contributed by atoms with van der Waals surface area (Å²) in [6, 6.07) is 16.1. The molecule has 2 aromatic carbocycles. The molecule has 7 nitrogen and oxygen atoms in total. The van der Waals surface area contributed by atoms with E-state index in [2.05, 4.69) is 0 Å². The zero-order valence-electron chi connectivity index (χ0n) is 15.8. The molecule has 0 saturated carbocycles. The number of carbonyl (C=O) groups excluding carboxylic acids is 1. The molecule has 1 amide bonds. The Morgan fingerprint density at radius 2 is 1.75 bits per heavy atom. The number of carbonyl (C=O) groups is 2. The molecule has 7 heteroatoms. The molecule has 1 N–H and O–H groups in total. The van der Waals surface area contributed by atoms with Gasteiger partial charge in [-0.3, -0.25) is 9.69 Å². The summed E-state index contributed by atoms with van der Waals surface area (Å²) >= 11 is 0. The second-order valence-corrected chi connectivity index (χ2v) is 6.66. The molecule has 1 atom stereocenters. The summed E-state index contributed by atoms with van der Waals surface area (Å²) in [7, 11) is 1.60. The molecule has 0 aliphatic carbocycles. The van der Waals surface area contributed by atoms with Gasteiger partial charge < -0.3 is 19.5 Å². The topological polar surface area (TPSA) is 79.3 Å². The molecule has 1 fully saturated rings. The van der Waals surface area contributed by atoms with Crippen molar-refractivity contribution in [2.45, 2.75) is 19.2 Å². The van der Waals surface area contributed by atoms with Gasteiger partial charge in [-0.2, -0.15) is 0 Å². The predicted octanol–water partition coefficient (Wildman–Crippen LogP) is 2.60. The van der Waals surface area contributed by atoms with Crippen LogP contribution >= 0.6 is 0 Å². The predicted molar refractivity (Wildman–Crippen MR) is 103 cm³/mol. The first-order chi connectivity index (χ1) is 13.6. The number of nitrogens with zero attached hydrogens (tertiary/aromatic N) is 2. The van der Waals surface area contributed by atoms with Crippen LogP contribution in [0.25, 0.3) is 0 Å². The lowest BCUT2D eigenvalue weighted by Gasteiger charge is -2.38. The third-order valence-corrected chi connectivity index (χ3v) is 4.78. The Morgan fingerprint density at radius 1 is 1.04 bits per heavy atom. The number of rotatable bonds is 6. The van der Waals surface area contributed by atoms with E-state index in [1.54, 1.807) is 7.11 Å². The zero-order chi connectivity index (χ0) is 19.9. The summed E-state index contributed by atoms with van der Waals surface area (Å²) < 4.78 is 10.5. The van der Waals surface area contributed by atoms with E-state index in [1.165, 1.54) is 4.90 Å². The Labute approximate surface area is 164 Å². The summed E-state index contributed by atoms with van der Waals surface area (Å²) in [4.78, 5) is 27.4. The molecule has 0 radical (unpaired) electrons. The first-order valence-corrected chi connectivity index (χ1v) is 9.12. The number of ether oxygens (including phenoxy) is 2. The summed E-state index contributed by atoms with van der Waals surface area (Å²) in [5.74, 6) is -0.196. The lowest BCUT2D eigenvalue weighted by molar-refractivity contribution is -0.145. The Kier molecular flexibility index (Phi) is 6.49. The third-order valence-electron chi connectivity index (χ3n) is 4.78. The van der Waals surface area contributed by atoms with Crippen LogP contribution in [0.4, 0.5) is 4.79 Å². The minimum absolute atomic E-state index is 0.0963. The van der Waals surface area contributed by atoms with Crippen molar-refractivity contribution in [1.29, 1.82) is 0 Å². The fourth-order valence-corrected chi connectivity index (χ4v) is 3.19. The van der Waals surface area contributed by atoms with E-state index < -0.39 is 18.1 Å². The van der Waals surface area contributed by atoms with Gasteiger partial charge in [-0.05, 0) is 23.3 Å². The monoisotopic (exact) mass is 384 g/mol. The normalized spacial score (nSPS) is 17.2. The van der Waals surface area contributed by atoms with Crippen LogP contribution in [0.15, 0.2) is 54.6 Å². The van der Waals surface area contributed by atoms with E-state index in [-0.39, 0.29) is 13.2 Å². The highest BCUT2D eigenvalue weighted by Crippen LogP contribution is 2.18. The third kappa shape index (κ3) is 5.01. The molecule has 148 valence electrons. The van der Waals surface area contributed by atoms with Crippen molar-refractivity contribution in [3.05, 3.63) is 65.7 Å². The largest absolute Gasteiger partial charge is 0.497 e. The fourth-order valence-electron chi connectivity index (χ4n) is 3.19. The first-order valence-electron chi connectivity index (χ1n) is 9.12. The first kappa shape index (κ1) is 19.7. The van der Waals surface area contributed by atoms with Crippen LogP contribution < -0.4 is 4.74 Å². The van der Waals surface area contributed by atoms with E-state index in [0.29, 0.717) is 19.6 Å². The standard InChI is InChI=1S/C21H24N2O5/c1-27-18-9-7-16(8-10-18)13-22-11-12-23(14-19(22)20(24)25)21(26)28-15-17-5-3-2-4-6-17/h2-10,19H,11-15H2,1H3,(H,24,25). The van der Waals surface area contributed by atoms with Gasteiger partial charge in [0.25, 0.3) is 0 Å². The Balaban J connectivity index is 1.58. The summed E-state index contributed by atoms with van der Waals surface area (Å²) in [5, 5.41) is 9.64. The quantitative estimate of drug-likeness (QED) is 0.825.